The molecule has 7 heteroatoms. The van der Waals surface area contributed by atoms with Gasteiger partial charge in [0.05, 0.1) is 23.0 Å². The van der Waals surface area contributed by atoms with E-state index in [1.54, 1.807) is 29.3 Å². The fourth-order valence-corrected chi connectivity index (χ4v) is 2.55. The summed E-state index contributed by atoms with van der Waals surface area (Å²) >= 11 is 0. The van der Waals surface area contributed by atoms with Crippen molar-refractivity contribution in [3.63, 3.8) is 0 Å². The van der Waals surface area contributed by atoms with Gasteiger partial charge in [-0.25, -0.2) is 14.6 Å². The van der Waals surface area contributed by atoms with Crippen molar-refractivity contribution in [3.05, 3.63) is 72.6 Å². The Morgan fingerprint density at radius 1 is 1.12 bits per heavy atom. The van der Waals surface area contributed by atoms with E-state index < -0.39 is 0 Å². The van der Waals surface area contributed by atoms with Crippen molar-refractivity contribution in [2.75, 3.05) is 5.32 Å². The summed E-state index contributed by atoms with van der Waals surface area (Å²) in [6.07, 6.45) is 4.65. The van der Waals surface area contributed by atoms with E-state index in [1.165, 1.54) is 6.33 Å². The number of benzene rings is 1. The van der Waals surface area contributed by atoms with E-state index in [9.17, 15) is 4.79 Å². The van der Waals surface area contributed by atoms with Crippen molar-refractivity contribution in [2.24, 2.45) is 0 Å². The van der Waals surface area contributed by atoms with Gasteiger partial charge in [-0.1, -0.05) is 18.2 Å². The second-order valence-corrected chi connectivity index (χ2v) is 5.53. The van der Waals surface area contributed by atoms with Gasteiger partial charge in [0.25, 0.3) is 5.91 Å². The van der Waals surface area contributed by atoms with Crippen LogP contribution in [-0.2, 0) is 0 Å². The number of fused-ring (bicyclic) bond motifs is 1. The van der Waals surface area contributed by atoms with Crippen molar-refractivity contribution < 1.29 is 4.79 Å². The predicted molar refractivity (Wildman–Crippen MR) is 93.6 cm³/mol. The first-order valence-corrected chi connectivity index (χ1v) is 7.69. The summed E-state index contributed by atoms with van der Waals surface area (Å²) in [5.74, 6) is 0.211. The highest BCUT2D eigenvalue weighted by Gasteiger charge is 2.12. The molecule has 3 heterocycles. The number of carbonyl (C=O) groups excluding carboxylic acids is 1. The van der Waals surface area contributed by atoms with Gasteiger partial charge >= 0.3 is 0 Å². The van der Waals surface area contributed by atoms with Gasteiger partial charge in [-0.2, -0.15) is 5.10 Å². The molecule has 0 radical (unpaired) electrons. The standard InChI is InChI=1S/C18H14N6O/c1-12-5-6-13-3-2-4-15(17(13)22-12)18(25)23-16-8-7-14(9-20-16)24-11-19-10-21-24/h2-11H,1H3,(H,20,23,25). The zero-order valence-corrected chi connectivity index (χ0v) is 13.4. The van der Waals surface area contributed by atoms with Crippen LogP contribution in [0.2, 0.25) is 0 Å². The Bertz CT molecular complexity index is 1040. The number of nitrogens with zero attached hydrogens (tertiary/aromatic N) is 5. The van der Waals surface area contributed by atoms with E-state index in [4.69, 9.17) is 0 Å². The molecule has 25 heavy (non-hydrogen) atoms. The smallest absolute Gasteiger partial charge is 0.259 e. The molecule has 1 N–H and O–H groups in total. The molecular formula is C18H14N6O. The van der Waals surface area contributed by atoms with Crippen LogP contribution in [0.4, 0.5) is 5.82 Å². The van der Waals surface area contributed by atoms with Crippen molar-refractivity contribution in [3.8, 4) is 5.69 Å². The molecule has 122 valence electrons. The fraction of sp³-hybridized carbons (Fsp3) is 0.0556. The SMILES string of the molecule is Cc1ccc2cccc(C(=O)Nc3ccc(-n4cncn4)cn3)c2n1. The Balaban J connectivity index is 1.61. The van der Waals surface area contributed by atoms with E-state index in [1.807, 2.05) is 37.3 Å². The molecule has 0 saturated heterocycles. The lowest BCUT2D eigenvalue weighted by Gasteiger charge is -2.08. The monoisotopic (exact) mass is 330 g/mol. The van der Waals surface area contributed by atoms with Gasteiger partial charge < -0.3 is 5.32 Å². The molecular weight excluding hydrogens is 316 g/mol. The number of pyridine rings is 2. The molecule has 0 atom stereocenters. The molecule has 0 aliphatic carbocycles. The fourth-order valence-electron chi connectivity index (χ4n) is 2.55. The Morgan fingerprint density at radius 3 is 2.80 bits per heavy atom. The van der Waals surface area contributed by atoms with Gasteiger partial charge in [0.1, 0.15) is 18.5 Å². The lowest BCUT2D eigenvalue weighted by Crippen LogP contribution is -2.14. The first-order chi connectivity index (χ1) is 12.2. The van der Waals surface area contributed by atoms with Gasteiger partial charge in [0, 0.05) is 11.1 Å². The minimum atomic E-state index is -0.246. The average molecular weight is 330 g/mol. The van der Waals surface area contributed by atoms with E-state index in [0.717, 1.165) is 16.8 Å². The molecule has 4 aromatic rings. The van der Waals surface area contributed by atoms with Crippen LogP contribution < -0.4 is 5.32 Å². The van der Waals surface area contributed by atoms with E-state index in [2.05, 4.69) is 25.4 Å². The first kappa shape index (κ1) is 14.9. The number of para-hydroxylation sites is 1. The first-order valence-electron chi connectivity index (χ1n) is 7.69. The van der Waals surface area contributed by atoms with Crippen molar-refractivity contribution >= 4 is 22.6 Å². The second-order valence-electron chi connectivity index (χ2n) is 5.53. The third kappa shape index (κ3) is 2.94. The number of rotatable bonds is 3. The lowest BCUT2D eigenvalue weighted by atomic mass is 10.1. The number of nitrogens with one attached hydrogen (secondary N) is 1. The summed E-state index contributed by atoms with van der Waals surface area (Å²) in [4.78, 5) is 25.3. The van der Waals surface area contributed by atoms with E-state index >= 15 is 0 Å². The van der Waals surface area contributed by atoms with Crippen LogP contribution in [0.5, 0.6) is 0 Å². The molecule has 0 fully saturated rings. The maximum atomic E-state index is 12.6. The topological polar surface area (TPSA) is 85.6 Å². The quantitative estimate of drug-likeness (QED) is 0.624. The Kier molecular flexibility index (Phi) is 3.66. The summed E-state index contributed by atoms with van der Waals surface area (Å²) in [5.41, 5.74) is 2.82. The van der Waals surface area contributed by atoms with Crippen LogP contribution >= 0.6 is 0 Å². The Labute approximate surface area is 143 Å². The summed E-state index contributed by atoms with van der Waals surface area (Å²) in [6.45, 7) is 1.90. The number of aryl methyl sites for hydroxylation is 1. The molecule has 0 aliphatic rings. The molecule has 0 bridgehead atoms. The highest BCUT2D eigenvalue weighted by molar-refractivity contribution is 6.11. The van der Waals surface area contributed by atoms with Crippen LogP contribution in [-0.4, -0.2) is 30.6 Å². The molecule has 7 nitrogen and oxygen atoms in total. The molecule has 3 aromatic heterocycles. The minimum Gasteiger partial charge on any atom is -0.306 e. The molecule has 0 unspecified atom stereocenters. The maximum Gasteiger partial charge on any atom is 0.259 e. The van der Waals surface area contributed by atoms with Gasteiger partial charge in [-0.15, -0.1) is 0 Å². The number of aromatic nitrogens is 5. The number of hydrogen-bond donors (Lipinski definition) is 1. The van der Waals surface area contributed by atoms with Crippen molar-refractivity contribution in [1.82, 2.24) is 24.7 Å². The highest BCUT2D eigenvalue weighted by Crippen LogP contribution is 2.18. The average Bonchev–Trinajstić information content (AvgIpc) is 3.16. The maximum absolute atomic E-state index is 12.6. The molecule has 0 saturated carbocycles. The number of anilines is 1. The summed E-state index contributed by atoms with van der Waals surface area (Å²) in [6, 6.07) is 12.9. The molecule has 0 spiro atoms. The van der Waals surface area contributed by atoms with E-state index in [0.29, 0.717) is 16.9 Å². The molecule has 0 aliphatic heterocycles. The lowest BCUT2D eigenvalue weighted by molar-refractivity contribution is 0.102. The van der Waals surface area contributed by atoms with Crippen molar-refractivity contribution in [1.29, 1.82) is 0 Å². The minimum absolute atomic E-state index is 0.246. The second kappa shape index (κ2) is 6.12. The van der Waals surface area contributed by atoms with Crippen LogP contribution in [0.1, 0.15) is 16.1 Å². The summed E-state index contributed by atoms with van der Waals surface area (Å²) in [7, 11) is 0. The van der Waals surface area contributed by atoms with Gasteiger partial charge in [0.15, 0.2) is 0 Å². The third-order valence-electron chi connectivity index (χ3n) is 3.78. The largest absolute Gasteiger partial charge is 0.306 e. The number of amides is 1. The predicted octanol–water partition coefficient (Wildman–Crippen LogP) is 2.77. The van der Waals surface area contributed by atoms with Crippen LogP contribution in [0, 0.1) is 6.92 Å². The third-order valence-corrected chi connectivity index (χ3v) is 3.78. The van der Waals surface area contributed by atoms with E-state index in [-0.39, 0.29) is 5.91 Å². The van der Waals surface area contributed by atoms with Crippen LogP contribution in [0.25, 0.3) is 16.6 Å². The zero-order valence-electron chi connectivity index (χ0n) is 13.4. The van der Waals surface area contributed by atoms with Crippen molar-refractivity contribution in [2.45, 2.75) is 6.92 Å². The van der Waals surface area contributed by atoms with Gasteiger partial charge in [-0.05, 0) is 31.2 Å². The van der Waals surface area contributed by atoms with Gasteiger partial charge in [-0.3, -0.25) is 9.78 Å². The Morgan fingerprint density at radius 2 is 2.04 bits per heavy atom. The Hall–Kier alpha value is -3.61. The number of carbonyl (C=O) groups is 1. The van der Waals surface area contributed by atoms with Crippen LogP contribution in [0.3, 0.4) is 0 Å². The zero-order chi connectivity index (χ0) is 17.2. The summed E-state index contributed by atoms with van der Waals surface area (Å²) in [5, 5.41) is 7.77. The number of hydrogen-bond acceptors (Lipinski definition) is 5. The molecule has 4 rings (SSSR count). The summed E-state index contributed by atoms with van der Waals surface area (Å²) < 4.78 is 1.59. The molecule has 1 aromatic carbocycles. The molecule has 1 amide bonds. The van der Waals surface area contributed by atoms with Gasteiger partial charge in [0.2, 0.25) is 0 Å². The normalized spacial score (nSPS) is 10.8. The van der Waals surface area contributed by atoms with Crippen LogP contribution in [0.15, 0.2) is 61.3 Å². The highest BCUT2D eigenvalue weighted by atomic mass is 16.1.